The zero-order valence-corrected chi connectivity index (χ0v) is 15.7. The van der Waals surface area contributed by atoms with Crippen LogP contribution in [0.5, 0.6) is 0 Å². The molecule has 134 valence electrons. The Morgan fingerprint density at radius 3 is 2.64 bits per heavy atom. The Morgan fingerprint density at radius 1 is 1.16 bits per heavy atom. The molecule has 0 amide bonds. The van der Waals surface area contributed by atoms with Crippen molar-refractivity contribution < 1.29 is 0 Å². The molecule has 0 N–H and O–H groups in total. The fourth-order valence-corrected chi connectivity index (χ4v) is 5.15. The number of thiophene rings is 1. The third-order valence-corrected chi connectivity index (χ3v) is 6.74. The minimum atomic E-state index is -0.0436. The average molecular weight is 359 g/mol. The molecule has 2 aliphatic rings. The number of piperazine rings is 1. The summed E-state index contributed by atoms with van der Waals surface area (Å²) in [5.41, 5.74) is 0.903. The summed E-state index contributed by atoms with van der Waals surface area (Å²) in [7, 11) is 1.69. The van der Waals surface area contributed by atoms with Crippen LogP contribution in [0.1, 0.15) is 41.4 Å². The van der Waals surface area contributed by atoms with E-state index < -0.39 is 0 Å². The maximum Gasteiger partial charge on any atom is 0.268 e. The standard InChI is InChI=1S/C19H26N4OS/c1-21-19(24)12-16(13-20-21)23-10-8-22(9-11-23)14-17-6-7-18(25-17)15-4-2-3-5-15/h6-7,12-13,15H,2-5,8-11,14H2,1H3. The topological polar surface area (TPSA) is 41.4 Å². The van der Waals surface area contributed by atoms with Gasteiger partial charge in [-0.15, -0.1) is 11.3 Å². The van der Waals surface area contributed by atoms with Crippen molar-refractivity contribution in [2.75, 3.05) is 31.1 Å². The van der Waals surface area contributed by atoms with Crippen molar-refractivity contribution >= 4 is 17.0 Å². The molecule has 25 heavy (non-hydrogen) atoms. The van der Waals surface area contributed by atoms with Gasteiger partial charge in [-0.1, -0.05) is 12.8 Å². The lowest BCUT2D eigenvalue weighted by molar-refractivity contribution is 0.252. The summed E-state index contributed by atoms with van der Waals surface area (Å²) in [4.78, 5) is 19.6. The van der Waals surface area contributed by atoms with Gasteiger partial charge in [0, 0.05) is 55.6 Å². The molecule has 1 saturated carbocycles. The number of aryl methyl sites for hydroxylation is 1. The smallest absolute Gasteiger partial charge is 0.268 e. The van der Waals surface area contributed by atoms with Gasteiger partial charge in [0.25, 0.3) is 5.56 Å². The molecule has 0 spiro atoms. The Kier molecular flexibility index (Phi) is 4.90. The molecule has 0 atom stereocenters. The second kappa shape index (κ2) is 7.30. The highest BCUT2D eigenvalue weighted by atomic mass is 32.1. The van der Waals surface area contributed by atoms with E-state index in [2.05, 4.69) is 27.0 Å². The van der Waals surface area contributed by atoms with Gasteiger partial charge in [0.15, 0.2) is 0 Å². The van der Waals surface area contributed by atoms with Crippen molar-refractivity contribution in [2.24, 2.45) is 7.05 Å². The molecule has 0 radical (unpaired) electrons. The first-order chi connectivity index (χ1) is 12.2. The van der Waals surface area contributed by atoms with Crippen LogP contribution in [0.4, 0.5) is 5.69 Å². The van der Waals surface area contributed by atoms with Crippen LogP contribution in [0.25, 0.3) is 0 Å². The van der Waals surface area contributed by atoms with Crippen LogP contribution in [0.3, 0.4) is 0 Å². The average Bonchev–Trinajstić information content (AvgIpc) is 3.29. The third-order valence-electron chi connectivity index (χ3n) is 5.51. The van der Waals surface area contributed by atoms with Gasteiger partial charge >= 0.3 is 0 Å². The molecule has 0 unspecified atom stereocenters. The summed E-state index contributed by atoms with van der Waals surface area (Å²) < 4.78 is 1.37. The summed E-state index contributed by atoms with van der Waals surface area (Å²) in [6.45, 7) is 5.03. The first-order valence-corrected chi connectivity index (χ1v) is 10.1. The molecule has 1 saturated heterocycles. The molecule has 1 aliphatic carbocycles. The van der Waals surface area contributed by atoms with Crippen LogP contribution >= 0.6 is 11.3 Å². The van der Waals surface area contributed by atoms with Crippen molar-refractivity contribution in [1.82, 2.24) is 14.7 Å². The van der Waals surface area contributed by atoms with Crippen LogP contribution in [0, 0.1) is 0 Å². The molecule has 2 aromatic rings. The van der Waals surface area contributed by atoms with E-state index in [0.29, 0.717) is 0 Å². The predicted octanol–water partition coefficient (Wildman–Crippen LogP) is 2.82. The molecule has 6 heteroatoms. The van der Waals surface area contributed by atoms with E-state index in [4.69, 9.17) is 0 Å². The number of hydrogen-bond donors (Lipinski definition) is 0. The van der Waals surface area contributed by atoms with Crippen LogP contribution in [0.2, 0.25) is 0 Å². The summed E-state index contributed by atoms with van der Waals surface area (Å²) in [6, 6.07) is 6.38. The van der Waals surface area contributed by atoms with Gasteiger partial charge in [0.1, 0.15) is 0 Å². The lowest BCUT2D eigenvalue weighted by atomic mass is 10.1. The Labute approximate surface area is 152 Å². The highest BCUT2D eigenvalue weighted by molar-refractivity contribution is 7.12. The van der Waals surface area contributed by atoms with Crippen molar-refractivity contribution in [3.63, 3.8) is 0 Å². The quantitative estimate of drug-likeness (QED) is 0.843. The molecule has 0 aromatic carbocycles. The van der Waals surface area contributed by atoms with Gasteiger partial charge in [-0.25, -0.2) is 4.68 Å². The summed E-state index contributed by atoms with van der Waals surface area (Å²) in [5, 5.41) is 4.13. The Morgan fingerprint density at radius 2 is 1.92 bits per heavy atom. The highest BCUT2D eigenvalue weighted by Gasteiger charge is 2.21. The molecule has 0 bridgehead atoms. The van der Waals surface area contributed by atoms with E-state index in [1.807, 2.05) is 11.3 Å². The van der Waals surface area contributed by atoms with Crippen LogP contribution < -0.4 is 10.5 Å². The molecular formula is C19H26N4OS. The second-order valence-corrected chi connectivity index (χ2v) is 8.42. The van der Waals surface area contributed by atoms with Crippen LogP contribution in [-0.2, 0) is 13.6 Å². The number of anilines is 1. The van der Waals surface area contributed by atoms with Crippen LogP contribution in [0.15, 0.2) is 29.2 Å². The zero-order valence-electron chi connectivity index (χ0n) is 14.9. The Hall–Kier alpha value is -1.66. The summed E-state index contributed by atoms with van der Waals surface area (Å²) >= 11 is 2.02. The number of rotatable bonds is 4. The minimum absolute atomic E-state index is 0.0436. The largest absolute Gasteiger partial charge is 0.368 e. The van der Waals surface area contributed by atoms with E-state index in [1.165, 1.54) is 35.2 Å². The Balaban J connectivity index is 1.32. The van der Waals surface area contributed by atoms with Crippen molar-refractivity contribution in [3.05, 3.63) is 44.5 Å². The molecule has 4 rings (SSSR count). The number of hydrogen-bond acceptors (Lipinski definition) is 5. The zero-order chi connectivity index (χ0) is 17.2. The molecular weight excluding hydrogens is 332 g/mol. The third kappa shape index (κ3) is 3.80. The predicted molar refractivity (Wildman–Crippen MR) is 102 cm³/mol. The SMILES string of the molecule is Cn1ncc(N2CCN(Cc3ccc(C4CCCC4)s3)CC2)cc1=O. The van der Waals surface area contributed by atoms with E-state index in [-0.39, 0.29) is 5.56 Å². The number of aromatic nitrogens is 2. The van der Waals surface area contributed by atoms with Crippen molar-refractivity contribution in [3.8, 4) is 0 Å². The van der Waals surface area contributed by atoms with Crippen molar-refractivity contribution in [2.45, 2.75) is 38.1 Å². The summed E-state index contributed by atoms with van der Waals surface area (Å²) in [6.07, 6.45) is 7.35. The first-order valence-electron chi connectivity index (χ1n) is 9.28. The normalized spacial score (nSPS) is 19.6. The maximum atomic E-state index is 11.8. The van der Waals surface area contributed by atoms with Gasteiger partial charge in [-0.05, 0) is 30.9 Å². The van der Waals surface area contributed by atoms with Crippen LogP contribution in [-0.4, -0.2) is 40.9 Å². The van der Waals surface area contributed by atoms with Gasteiger partial charge in [-0.3, -0.25) is 9.69 Å². The number of nitrogens with zero attached hydrogens (tertiary/aromatic N) is 4. The minimum Gasteiger partial charge on any atom is -0.368 e. The second-order valence-electron chi connectivity index (χ2n) is 7.22. The van der Waals surface area contributed by atoms with E-state index in [1.54, 1.807) is 24.2 Å². The van der Waals surface area contributed by atoms with Crippen molar-refractivity contribution in [1.29, 1.82) is 0 Å². The van der Waals surface area contributed by atoms with E-state index in [9.17, 15) is 4.79 Å². The fourth-order valence-electron chi connectivity index (χ4n) is 3.93. The monoisotopic (exact) mass is 358 g/mol. The van der Waals surface area contributed by atoms with E-state index >= 15 is 0 Å². The maximum absolute atomic E-state index is 11.8. The van der Waals surface area contributed by atoms with Gasteiger partial charge < -0.3 is 4.90 Å². The lowest BCUT2D eigenvalue weighted by Gasteiger charge is -2.35. The molecule has 5 nitrogen and oxygen atoms in total. The molecule has 1 aliphatic heterocycles. The molecule has 2 aromatic heterocycles. The first kappa shape index (κ1) is 16.8. The Bertz CT molecular complexity index is 770. The van der Waals surface area contributed by atoms with Gasteiger partial charge in [0.05, 0.1) is 11.9 Å². The van der Waals surface area contributed by atoms with Gasteiger partial charge in [0.2, 0.25) is 0 Å². The summed E-state index contributed by atoms with van der Waals surface area (Å²) in [5.74, 6) is 0.823. The lowest BCUT2D eigenvalue weighted by Crippen LogP contribution is -2.46. The fraction of sp³-hybridized carbons (Fsp3) is 0.579. The van der Waals surface area contributed by atoms with E-state index in [0.717, 1.165) is 44.3 Å². The highest BCUT2D eigenvalue weighted by Crippen LogP contribution is 2.37. The molecule has 2 fully saturated rings. The molecule has 3 heterocycles. The van der Waals surface area contributed by atoms with Gasteiger partial charge in [-0.2, -0.15) is 5.10 Å².